The molecule has 1 aromatic rings. The molecule has 0 aliphatic rings. The van der Waals surface area contributed by atoms with Gasteiger partial charge >= 0.3 is 0 Å². The highest BCUT2D eigenvalue weighted by molar-refractivity contribution is 5.97. The van der Waals surface area contributed by atoms with Gasteiger partial charge in [0.05, 0.1) is 12.8 Å². The maximum atomic E-state index is 11.4. The molecule has 0 aromatic heterocycles. The molecule has 0 radical (unpaired) electrons. The van der Waals surface area contributed by atoms with Crippen LogP contribution in [0, 0.1) is 0 Å². The van der Waals surface area contributed by atoms with Gasteiger partial charge in [-0.05, 0) is 18.2 Å². The first-order valence-electron chi connectivity index (χ1n) is 4.76. The molecule has 16 heavy (non-hydrogen) atoms. The molecule has 1 aromatic carbocycles. The van der Waals surface area contributed by atoms with Crippen molar-refractivity contribution in [3.63, 3.8) is 0 Å². The molecule has 5 nitrogen and oxygen atoms in total. The summed E-state index contributed by atoms with van der Waals surface area (Å²) in [6.07, 6.45) is 0. The van der Waals surface area contributed by atoms with Crippen LogP contribution >= 0.6 is 0 Å². The van der Waals surface area contributed by atoms with E-state index in [9.17, 15) is 9.59 Å². The number of hydrogen-bond donors (Lipinski definition) is 2. The van der Waals surface area contributed by atoms with Gasteiger partial charge in [0.15, 0.2) is 0 Å². The van der Waals surface area contributed by atoms with Gasteiger partial charge in [-0.2, -0.15) is 0 Å². The van der Waals surface area contributed by atoms with Crippen molar-refractivity contribution in [3.05, 3.63) is 23.8 Å². The number of anilines is 1. The first-order chi connectivity index (χ1) is 7.58. The van der Waals surface area contributed by atoms with Crippen LogP contribution in [0.5, 0.6) is 5.75 Å². The highest BCUT2D eigenvalue weighted by atomic mass is 16.5. The summed E-state index contributed by atoms with van der Waals surface area (Å²) in [5.74, 6) is 0.0875. The summed E-state index contributed by atoms with van der Waals surface area (Å²) in [6.45, 7) is 1.39. The van der Waals surface area contributed by atoms with E-state index in [2.05, 4.69) is 10.6 Å². The zero-order chi connectivity index (χ0) is 12.1. The van der Waals surface area contributed by atoms with Crippen LogP contribution < -0.4 is 15.4 Å². The average Bonchev–Trinajstić information content (AvgIpc) is 2.27. The maximum absolute atomic E-state index is 11.4. The summed E-state index contributed by atoms with van der Waals surface area (Å²) < 4.78 is 5.07. The molecule has 0 bridgehead atoms. The van der Waals surface area contributed by atoms with Crippen LogP contribution in [0.3, 0.4) is 0 Å². The number of ether oxygens (including phenoxy) is 1. The van der Waals surface area contributed by atoms with Crippen molar-refractivity contribution in [2.75, 3.05) is 19.5 Å². The Morgan fingerprint density at radius 3 is 2.50 bits per heavy atom. The van der Waals surface area contributed by atoms with Crippen molar-refractivity contribution >= 4 is 17.5 Å². The van der Waals surface area contributed by atoms with E-state index in [1.54, 1.807) is 25.2 Å². The molecule has 0 aliphatic heterocycles. The predicted molar refractivity (Wildman–Crippen MR) is 60.7 cm³/mol. The van der Waals surface area contributed by atoms with E-state index < -0.39 is 0 Å². The Bertz CT molecular complexity index is 416. The van der Waals surface area contributed by atoms with Gasteiger partial charge in [-0.15, -0.1) is 0 Å². The van der Waals surface area contributed by atoms with Gasteiger partial charge in [-0.25, -0.2) is 0 Å². The van der Waals surface area contributed by atoms with Gasteiger partial charge in [-0.1, -0.05) is 0 Å². The van der Waals surface area contributed by atoms with Gasteiger partial charge in [0, 0.05) is 19.5 Å². The Kier molecular flexibility index (Phi) is 3.88. The van der Waals surface area contributed by atoms with Crippen LogP contribution in [0.1, 0.15) is 17.3 Å². The van der Waals surface area contributed by atoms with Crippen LogP contribution in [0.25, 0.3) is 0 Å². The third-order valence-electron chi connectivity index (χ3n) is 2.00. The molecule has 0 heterocycles. The summed E-state index contributed by atoms with van der Waals surface area (Å²) in [5.41, 5.74) is 0.947. The standard InChI is InChI=1S/C11H14N2O3/c1-7(14)13-9-6-8(11(15)12-2)4-5-10(9)16-3/h4-6H,1-3H3,(H,12,15)(H,13,14). The first kappa shape index (κ1) is 12.0. The topological polar surface area (TPSA) is 67.4 Å². The van der Waals surface area contributed by atoms with Crippen LogP contribution in [0.15, 0.2) is 18.2 Å². The molecular formula is C11H14N2O3. The molecule has 2 N–H and O–H groups in total. The molecule has 86 valence electrons. The van der Waals surface area contributed by atoms with Gasteiger partial charge in [0.2, 0.25) is 5.91 Å². The number of amides is 2. The highest BCUT2D eigenvalue weighted by Crippen LogP contribution is 2.25. The number of methoxy groups -OCH3 is 1. The third-order valence-corrected chi connectivity index (χ3v) is 2.00. The molecule has 0 atom stereocenters. The summed E-state index contributed by atoms with van der Waals surface area (Å²) in [5, 5.41) is 5.11. The molecule has 1 rings (SSSR count). The zero-order valence-electron chi connectivity index (χ0n) is 9.46. The first-order valence-corrected chi connectivity index (χ1v) is 4.76. The van der Waals surface area contributed by atoms with E-state index >= 15 is 0 Å². The Balaban J connectivity index is 3.10. The molecule has 0 spiro atoms. The quantitative estimate of drug-likeness (QED) is 0.802. The maximum Gasteiger partial charge on any atom is 0.251 e. The van der Waals surface area contributed by atoms with Crippen LogP contribution in [-0.2, 0) is 4.79 Å². The average molecular weight is 222 g/mol. The molecule has 0 unspecified atom stereocenters. The summed E-state index contributed by atoms with van der Waals surface area (Å²) in [7, 11) is 3.05. The van der Waals surface area contributed by atoms with Crippen molar-refractivity contribution in [3.8, 4) is 5.75 Å². The summed E-state index contributed by atoms with van der Waals surface area (Å²) in [6, 6.07) is 4.83. The molecule has 2 amide bonds. The Morgan fingerprint density at radius 1 is 1.31 bits per heavy atom. The lowest BCUT2D eigenvalue weighted by Crippen LogP contribution is -2.18. The van der Waals surface area contributed by atoms with E-state index in [1.807, 2.05) is 0 Å². The van der Waals surface area contributed by atoms with Crippen LogP contribution in [0.4, 0.5) is 5.69 Å². The smallest absolute Gasteiger partial charge is 0.251 e. The van der Waals surface area contributed by atoms with E-state index in [1.165, 1.54) is 14.0 Å². The monoisotopic (exact) mass is 222 g/mol. The minimum absolute atomic E-state index is 0.214. The minimum atomic E-state index is -0.215. The second-order valence-electron chi connectivity index (χ2n) is 3.18. The van der Waals surface area contributed by atoms with E-state index in [0.29, 0.717) is 17.0 Å². The van der Waals surface area contributed by atoms with Gasteiger partial charge in [0.1, 0.15) is 5.75 Å². The predicted octanol–water partition coefficient (Wildman–Crippen LogP) is 1.01. The molecule has 5 heteroatoms. The Hall–Kier alpha value is -2.04. The van der Waals surface area contributed by atoms with Crippen molar-refractivity contribution in [1.82, 2.24) is 5.32 Å². The number of hydrogen-bond acceptors (Lipinski definition) is 3. The highest BCUT2D eigenvalue weighted by Gasteiger charge is 2.09. The molecule has 0 aliphatic carbocycles. The lowest BCUT2D eigenvalue weighted by molar-refractivity contribution is -0.114. The number of carbonyl (C=O) groups is 2. The lowest BCUT2D eigenvalue weighted by Gasteiger charge is -2.10. The van der Waals surface area contributed by atoms with E-state index in [4.69, 9.17) is 4.74 Å². The second kappa shape index (κ2) is 5.16. The van der Waals surface area contributed by atoms with Crippen LogP contribution in [0.2, 0.25) is 0 Å². The number of rotatable bonds is 3. The fraction of sp³-hybridized carbons (Fsp3) is 0.273. The zero-order valence-corrected chi connectivity index (χ0v) is 9.46. The minimum Gasteiger partial charge on any atom is -0.495 e. The Labute approximate surface area is 93.8 Å². The van der Waals surface area contributed by atoms with Crippen molar-refractivity contribution < 1.29 is 14.3 Å². The van der Waals surface area contributed by atoms with Crippen molar-refractivity contribution in [2.24, 2.45) is 0 Å². The van der Waals surface area contributed by atoms with Crippen LogP contribution in [-0.4, -0.2) is 26.0 Å². The van der Waals surface area contributed by atoms with E-state index in [-0.39, 0.29) is 11.8 Å². The van der Waals surface area contributed by atoms with Gasteiger partial charge in [0.25, 0.3) is 5.91 Å². The van der Waals surface area contributed by atoms with Gasteiger partial charge < -0.3 is 15.4 Å². The summed E-state index contributed by atoms with van der Waals surface area (Å²) in [4.78, 5) is 22.4. The number of nitrogens with one attached hydrogen (secondary N) is 2. The lowest BCUT2D eigenvalue weighted by atomic mass is 10.1. The van der Waals surface area contributed by atoms with Gasteiger partial charge in [-0.3, -0.25) is 9.59 Å². The fourth-order valence-electron chi connectivity index (χ4n) is 1.28. The largest absolute Gasteiger partial charge is 0.495 e. The normalized spacial score (nSPS) is 9.44. The van der Waals surface area contributed by atoms with Crippen molar-refractivity contribution in [2.45, 2.75) is 6.92 Å². The molecule has 0 saturated heterocycles. The van der Waals surface area contributed by atoms with E-state index in [0.717, 1.165) is 0 Å². The number of carbonyl (C=O) groups excluding carboxylic acids is 2. The molecule has 0 saturated carbocycles. The SMILES string of the molecule is CNC(=O)c1ccc(OC)c(NC(C)=O)c1. The number of benzene rings is 1. The second-order valence-corrected chi connectivity index (χ2v) is 3.18. The third kappa shape index (κ3) is 2.73. The van der Waals surface area contributed by atoms with Crippen molar-refractivity contribution in [1.29, 1.82) is 0 Å². The summed E-state index contributed by atoms with van der Waals surface area (Å²) >= 11 is 0. The fourth-order valence-corrected chi connectivity index (χ4v) is 1.28. The Morgan fingerprint density at radius 2 is 2.00 bits per heavy atom. The molecule has 0 fully saturated rings. The molecular weight excluding hydrogens is 208 g/mol.